The highest BCUT2D eigenvalue weighted by Crippen LogP contribution is 2.28. The summed E-state index contributed by atoms with van der Waals surface area (Å²) >= 11 is 0. The van der Waals surface area contributed by atoms with Gasteiger partial charge < -0.3 is 14.8 Å². The van der Waals surface area contributed by atoms with Gasteiger partial charge in [-0.05, 0) is 50.9 Å². The van der Waals surface area contributed by atoms with Gasteiger partial charge in [0.05, 0.1) is 12.7 Å². The van der Waals surface area contributed by atoms with Crippen LogP contribution in [0.5, 0.6) is 5.75 Å². The molecule has 0 aromatic heterocycles. The Morgan fingerprint density at radius 2 is 1.32 bits per heavy atom. The van der Waals surface area contributed by atoms with E-state index in [4.69, 9.17) is 9.47 Å². The number of esters is 1. The number of rotatable bonds is 8. The van der Waals surface area contributed by atoms with Crippen molar-refractivity contribution >= 4 is 33.4 Å². The lowest BCUT2D eigenvalue weighted by atomic mass is 9.95. The van der Waals surface area contributed by atoms with E-state index in [9.17, 15) is 9.59 Å². The molecule has 0 saturated carbocycles. The van der Waals surface area contributed by atoms with Crippen molar-refractivity contribution in [3.63, 3.8) is 0 Å². The molecule has 0 spiro atoms. The summed E-state index contributed by atoms with van der Waals surface area (Å²) in [6, 6.07) is 34.2. The molecular weight excluding hydrogens is 462 g/mol. The molecule has 5 aromatic carbocycles. The molecule has 0 aliphatic heterocycles. The van der Waals surface area contributed by atoms with Crippen molar-refractivity contribution in [3.05, 3.63) is 126 Å². The van der Waals surface area contributed by atoms with Crippen molar-refractivity contribution in [1.29, 1.82) is 0 Å². The van der Waals surface area contributed by atoms with Gasteiger partial charge in [0.25, 0.3) is 5.91 Å². The average molecular weight is 490 g/mol. The molecular formula is C32H27NO4. The third kappa shape index (κ3) is 5.46. The smallest absolute Gasteiger partial charge is 0.328 e. The van der Waals surface area contributed by atoms with E-state index in [2.05, 4.69) is 11.4 Å². The summed E-state index contributed by atoms with van der Waals surface area (Å²) in [5.41, 5.74) is 2.51. The first-order chi connectivity index (χ1) is 18.1. The van der Waals surface area contributed by atoms with E-state index >= 15 is 0 Å². The van der Waals surface area contributed by atoms with Gasteiger partial charge in [-0.3, -0.25) is 4.79 Å². The number of carbonyl (C=O) groups is 2. The molecule has 1 amide bonds. The number of methoxy groups -OCH3 is 1. The molecule has 37 heavy (non-hydrogen) atoms. The van der Waals surface area contributed by atoms with Crippen molar-refractivity contribution in [2.24, 2.45) is 0 Å². The van der Waals surface area contributed by atoms with Crippen LogP contribution in [0.3, 0.4) is 0 Å². The van der Waals surface area contributed by atoms with Crippen LogP contribution >= 0.6 is 0 Å². The van der Waals surface area contributed by atoms with Crippen LogP contribution < -0.4 is 10.1 Å². The quantitative estimate of drug-likeness (QED) is 0.212. The van der Waals surface area contributed by atoms with Gasteiger partial charge in [0.15, 0.2) is 0 Å². The summed E-state index contributed by atoms with van der Waals surface area (Å²) in [6.45, 7) is 0.472. The van der Waals surface area contributed by atoms with Crippen molar-refractivity contribution < 1.29 is 19.1 Å². The first kappa shape index (κ1) is 24.1. The molecule has 0 aliphatic carbocycles. The van der Waals surface area contributed by atoms with Crippen LogP contribution in [0.4, 0.5) is 0 Å². The van der Waals surface area contributed by atoms with Gasteiger partial charge in [-0.25, -0.2) is 4.79 Å². The van der Waals surface area contributed by atoms with Crippen LogP contribution in [0.15, 0.2) is 109 Å². The second-order valence-electron chi connectivity index (χ2n) is 8.87. The number of nitrogens with one attached hydrogen (secondary N) is 1. The topological polar surface area (TPSA) is 64.6 Å². The van der Waals surface area contributed by atoms with Crippen molar-refractivity contribution in [1.82, 2.24) is 5.32 Å². The molecule has 0 fully saturated rings. The monoisotopic (exact) mass is 489 g/mol. The van der Waals surface area contributed by atoms with Crippen LogP contribution in [0.1, 0.15) is 21.5 Å². The fraction of sp³-hybridized carbons (Fsp3) is 0.125. The summed E-state index contributed by atoms with van der Waals surface area (Å²) in [5.74, 6) is -0.0815. The zero-order chi connectivity index (χ0) is 25.6. The zero-order valence-electron chi connectivity index (χ0n) is 20.5. The van der Waals surface area contributed by atoms with E-state index < -0.39 is 12.0 Å². The third-order valence-electron chi connectivity index (χ3n) is 6.40. The van der Waals surface area contributed by atoms with Crippen molar-refractivity contribution in [2.45, 2.75) is 19.1 Å². The molecule has 0 heterocycles. The highest BCUT2D eigenvalue weighted by Gasteiger charge is 2.24. The van der Waals surface area contributed by atoms with Crippen LogP contribution in [0.25, 0.3) is 21.5 Å². The molecule has 5 nitrogen and oxygen atoms in total. The van der Waals surface area contributed by atoms with Gasteiger partial charge in [0.2, 0.25) is 0 Å². The largest absolute Gasteiger partial charge is 0.489 e. The van der Waals surface area contributed by atoms with Gasteiger partial charge in [-0.1, -0.05) is 91.0 Å². The Bertz CT molecular complexity index is 1490. The number of carbonyl (C=O) groups excluding carboxylic acids is 2. The number of ether oxygens (including phenoxy) is 2. The number of hydrogen-bond acceptors (Lipinski definition) is 4. The number of hydrogen-bond donors (Lipinski definition) is 1. The summed E-state index contributed by atoms with van der Waals surface area (Å²) < 4.78 is 10.9. The Hall–Kier alpha value is -4.64. The maximum atomic E-state index is 13.6. The standard InChI is InChI=1S/C32H27NO4/c1-36-32(35)29(19-22-15-17-26(18-16-22)37-21-23-9-3-2-4-10-23)33-31(34)30-27-13-7-5-11-24(27)20-25-12-6-8-14-28(25)30/h2-18,20,29H,19,21H2,1H3,(H,33,34)/t29-/m0/s1. The summed E-state index contributed by atoms with van der Waals surface area (Å²) in [5, 5.41) is 6.53. The van der Waals surface area contributed by atoms with Crippen LogP contribution in [0.2, 0.25) is 0 Å². The first-order valence-corrected chi connectivity index (χ1v) is 12.2. The molecule has 0 aliphatic rings. The van der Waals surface area contributed by atoms with Gasteiger partial charge in [0, 0.05) is 6.42 Å². The summed E-state index contributed by atoms with van der Waals surface area (Å²) in [7, 11) is 1.33. The maximum absolute atomic E-state index is 13.6. The minimum atomic E-state index is -0.841. The van der Waals surface area contributed by atoms with Crippen LogP contribution in [-0.4, -0.2) is 25.0 Å². The maximum Gasteiger partial charge on any atom is 0.328 e. The van der Waals surface area contributed by atoms with E-state index in [1.54, 1.807) is 0 Å². The molecule has 1 atom stereocenters. The second-order valence-corrected chi connectivity index (χ2v) is 8.87. The van der Waals surface area contributed by atoms with E-state index in [1.165, 1.54) is 7.11 Å². The fourth-order valence-corrected chi connectivity index (χ4v) is 4.52. The zero-order valence-corrected chi connectivity index (χ0v) is 20.5. The van der Waals surface area contributed by atoms with Crippen LogP contribution in [-0.2, 0) is 22.6 Å². The molecule has 1 N–H and O–H groups in total. The summed E-state index contributed by atoms with van der Waals surface area (Å²) in [4.78, 5) is 26.3. The molecule has 0 bridgehead atoms. The Labute approximate surface area is 215 Å². The lowest BCUT2D eigenvalue weighted by molar-refractivity contribution is -0.142. The Morgan fingerprint density at radius 1 is 0.730 bits per heavy atom. The Balaban J connectivity index is 1.36. The van der Waals surface area contributed by atoms with Crippen LogP contribution in [0, 0.1) is 0 Å². The normalized spacial score (nSPS) is 11.7. The number of fused-ring (bicyclic) bond motifs is 2. The molecule has 5 rings (SSSR count). The van der Waals surface area contributed by atoms with Gasteiger partial charge in [-0.15, -0.1) is 0 Å². The van der Waals surface area contributed by atoms with E-state index in [1.807, 2.05) is 103 Å². The molecule has 184 valence electrons. The van der Waals surface area contributed by atoms with Crippen molar-refractivity contribution in [2.75, 3.05) is 7.11 Å². The molecule has 0 saturated heterocycles. The minimum absolute atomic E-state index is 0.292. The molecule has 0 unspecified atom stereocenters. The Morgan fingerprint density at radius 3 is 1.95 bits per heavy atom. The fourth-order valence-electron chi connectivity index (χ4n) is 4.52. The predicted octanol–water partition coefficient (Wildman–Crippen LogP) is 6.09. The number of amides is 1. The van der Waals surface area contributed by atoms with Crippen molar-refractivity contribution in [3.8, 4) is 5.75 Å². The highest BCUT2D eigenvalue weighted by molar-refractivity contribution is 6.18. The van der Waals surface area contributed by atoms with E-state index in [0.717, 1.165) is 38.4 Å². The van der Waals surface area contributed by atoms with E-state index in [0.29, 0.717) is 18.6 Å². The predicted molar refractivity (Wildman–Crippen MR) is 146 cm³/mol. The Kier molecular flexibility index (Phi) is 7.13. The third-order valence-corrected chi connectivity index (χ3v) is 6.40. The summed E-state index contributed by atoms with van der Waals surface area (Å²) in [6.07, 6.45) is 0.292. The van der Waals surface area contributed by atoms with Gasteiger partial charge >= 0.3 is 5.97 Å². The lowest BCUT2D eigenvalue weighted by Gasteiger charge is -2.19. The molecule has 5 aromatic rings. The van der Waals surface area contributed by atoms with Gasteiger partial charge in [-0.2, -0.15) is 0 Å². The highest BCUT2D eigenvalue weighted by atomic mass is 16.5. The lowest BCUT2D eigenvalue weighted by Crippen LogP contribution is -2.43. The molecule has 5 heteroatoms. The average Bonchev–Trinajstić information content (AvgIpc) is 2.95. The SMILES string of the molecule is COC(=O)[C@H](Cc1ccc(OCc2ccccc2)cc1)NC(=O)c1c2ccccc2cc2ccccc12. The first-order valence-electron chi connectivity index (χ1n) is 12.2. The second kappa shape index (κ2) is 11.0. The number of benzene rings is 5. The minimum Gasteiger partial charge on any atom is -0.489 e. The van der Waals surface area contributed by atoms with Gasteiger partial charge in [0.1, 0.15) is 18.4 Å². The molecule has 0 radical (unpaired) electrons. The van der Waals surface area contributed by atoms with E-state index in [-0.39, 0.29) is 5.91 Å².